The van der Waals surface area contributed by atoms with Crippen molar-refractivity contribution in [3.8, 4) is 5.75 Å². The van der Waals surface area contributed by atoms with E-state index >= 15 is 0 Å². The molecule has 2 aromatic carbocycles. The number of carbonyl (C=O) groups is 1. The fraction of sp³-hybridized carbons (Fsp3) is 0.261. The average Bonchev–Trinajstić information content (AvgIpc) is 3.29. The molecule has 1 amide bonds. The van der Waals surface area contributed by atoms with Crippen molar-refractivity contribution in [2.45, 2.75) is 24.8 Å². The molecular weight excluding hydrogens is 416 g/mol. The zero-order chi connectivity index (χ0) is 22.3. The number of nitrogens with zero attached hydrogens (tertiary/aromatic N) is 1. The van der Waals surface area contributed by atoms with E-state index in [2.05, 4.69) is 5.32 Å². The van der Waals surface area contributed by atoms with E-state index in [0.29, 0.717) is 12.2 Å². The van der Waals surface area contributed by atoms with Gasteiger partial charge in [0.05, 0.1) is 26.5 Å². The molecule has 0 aliphatic heterocycles. The van der Waals surface area contributed by atoms with Gasteiger partial charge in [0, 0.05) is 6.54 Å². The Labute approximate surface area is 182 Å². The molecule has 0 spiro atoms. The average molecular weight is 443 g/mol. The molecule has 0 aliphatic rings. The number of carbonyl (C=O) groups excluding carboxylic acids is 1. The Morgan fingerprint density at radius 1 is 1.10 bits per heavy atom. The number of nitrogens with one attached hydrogen (secondary N) is 1. The minimum absolute atomic E-state index is 0.0434. The lowest BCUT2D eigenvalue weighted by molar-refractivity contribution is -0.121. The molecule has 1 aromatic heterocycles. The van der Waals surface area contributed by atoms with Crippen LogP contribution in [0.3, 0.4) is 0 Å². The van der Waals surface area contributed by atoms with E-state index in [1.54, 1.807) is 30.3 Å². The first kappa shape index (κ1) is 22.6. The Balaban J connectivity index is 1.83. The van der Waals surface area contributed by atoms with Crippen LogP contribution < -0.4 is 10.1 Å². The third-order valence-electron chi connectivity index (χ3n) is 4.79. The van der Waals surface area contributed by atoms with Crippen LogP contribution >= 0.6 is 0 Å². The van der Waals surface area contributed by atoms with Gasteiger partial charge in [-0.2, -0.15) is 4.31 Å². The highest BCUT2D eigenvalue weighted by Gasteiger charge is 2.29. The van der Waals surface area contributed by atoms with E-state index in [0.717, 1.165) is 11.1 Å². The maximum absolute atomic E-state index is 13.5. The van der Waals surface area contributed by atoms with Crippen LogP contribution in [0.4, 0.5) is 0 Å². The SMILES string of the molecule is COc1ccc(C)cc1S(=O)(=O)N(CCc1ccccc1)CC(=O)NCc1ccco1. The summed E-state index contributed by atoms with van der Waals surface area (Å²) in [6.45, 7) is 1.83. The molecule has 8 heteroatoms. The highest BCUT2D eigenvalue weighted by atomic mass is 32.2. The number of methoxy groups -OCH3 is 1. The summed E-state index contributed by atoms with van der Waals surface area (Å²) in [5, 5.41) is 2.71. The van der Waals surface area contributed by atoms with Crippen molar-refractivity contribution in [3.05, 3.63) is 83.8 Å². The lowest BCUT2D eigenvalue weighted by Gasteiger charge is -2.23. The smallest absolute Gasteiger partial charge is 0.247 e. The maximum Gasteiger partial charge on any atom is 0.247 e. The third kappa shape index (κ3) is 5.96. The van der Waals surface area contributed by atoms with Crippen molar-refractivity contribution >= 4 is 15.9 Å². The first-order chi connectivity index (χ1) is 14.9. The van der Waals surface area contributed by atoms with Crippen LogP contribution in [0.15, 0.2) is 76.2 Å². The van der Waals surface area contributed by atoms with Gasteiger partial charge in [0.1, 0.15) is 16.4 Å². The van der Waals surface area contributed by atoms with Crippen molar-refractivity contribution in [1.82, 2.24) is 9.62 Å². The lowest BCUT2D eigenvalue weighted by atomic mass is 10.1. The molecule has 0 fully saturated rings. The molecule has 3 rings (SSSR count). The molecule has 164 valence electrons. The van der Waals surface area contributed by atoms with E-state index in [9.17, 15) is 13.2 Å². The van der Waals surface area contributed by atoms with Gasteiger partial charge < -0.3 is 14.5 Å². The second-order valence-electron chi connectivity index (χ2n) is 7.08. The van der Waals surface area contributed by atoms with Gasteiger partial charge in [-0.05, 0) is 48.7 Å². The standard InChI is InChI=1S/C23H26N2O5S/c1-18-10-11-21(29-2)22(15-18)31(27,28)25(13-12-19-7-4-3-5-8-19)17-23(26)24-16-20-9-6-14-30-20/h3-11,14-15H,12-13,16-17H2,1-2H3,(H,24,26). The van der Waals surface area contributed by atoms with Crippen LogP contribution in [0.2, 0.25) is 0 Å². The molecule has 0 saturated carbocycles. The van der Waals surface area contributed by atoms with Gasteiger partial charge in [-0.1, -0.05) is 36.4 Å². The summed E-state index contributed by atoms with van der Waals surface area (Å²) >= 11 is 0. The Hall–Kier alpha value is -3.10. The molecule has 0 radical (unpaired) electrons. The maximum atomic E-state index is 13.5. The molecule has 3 aromatic rings. The van der Waals surface area contributed by atoms with Crippen LogP contribution in [0.5, 0.6) is 5.75 Å². The summed E-state index contributed by atoms with van der Waals surface area (Å²) < 4.78 is 38.7. The second-order valence-corrected chi connectivity index (χ2v) is 8.99. The van der Waals surface area contributed by atoms with Crippen molar-refractivity contribution in [2.24, 2.45) is 0 Å². The number of sulfonamides is 1. The molecule has 0 aliphatic carbocycles. The molecule has 0 atom stereocenters. The molecular formula is C23H26N2O5S. The van der Waals surface area contributed by atoms with Crippen molar-refractivity contribution in [1.29, 1.82) is 0 Å². The first-order valence-electron chi connectivity index (χ1n) is 9.88. The van der Waals surface area contributed by atoms with E-state index < -0.39 is 15.9 Å². The van der Waals surface area contributed by atoms with Crippen molar-refractivity contribution in [2.75, 3.05) is 20.2 Å². The molecule has 0 unspecified atom stereocenters. The summed E-state index contributed by atoms with van der Waals surface area (Å²) in [7, 11) is -2.55. The van der Waals surface area contributed by atoms with Gasteiger partial charge in [0.2, 0.25) is 15.9 Å². The number of hydrogen-bond acceptors (Lipinski definition) is 5. The van der Waals surface area contributed by atoms with Gasteiger partial charge in [-0.15, -0.1) is 0 Å². The van der Waals surface area contributed by atoms with Gasteiger partial charge in [0.15, 0.2) is 0 Å². The summed E-state index contributed by atoms with van der Waals surface area (Å²) in [5.41, 5.74) is 1.76. The lowest BCUT2D eigenvalue weighted by Crippen LogP contribution is -2.41. The Morgan fingerprint density at radius 2 is 1.87 bits per heavy atom. The molecule has 1 N–H and O–H groups in total. The van der Waals surface area contributed by atoms with Crippen LogP contribution in [-0.4, -0.2) is 38.8 Å². The Morgan fingerprint density at radius 3 is 2.55 bits per heavy atom. The van der Waals surface area contributed by atoms with E-state index in [1.165, 1.54) is 17.7 Å². The van der Waals surface area contributed by atoms with Gasteiger partial charge in [-0.3, -0.25) is 4.79 Å². The van der Waals surface area contributed by atoms with E-state index in [-0.39, 0.29) is 30.3 Å². The normalized spacial score (nSPS) is 11.5. The predicted molar refractivity (Wildman–Crippen MR) is 117 cm³/mol. The minimum atomic E-state index is -3.98. The first-order valence-corrected chi connectivity index (χ1v) is 11.3. The zero-order valence-electron chi connectivity index (χ0n) is 17.6. The highest BCUT2D eigenvalue weighted by Crippen LogP contribution is 2.28. The Kier molecular flexibility index (Phi) is 7.49. The fourth-order valence-electron chi connectivity index (χ4n) is 3.12. The third-order valence-corrected chi connectivity index (χ3v) is 6.66. The monoisotopic (exact) mass is 442 g/mol. The van der Waals surface area contributed by atoms with Gasteiger partial charge >= 0.3 is 0 Å². The molecule has 0 saturated heterocycles. The Bertz CT molecular complexity index is 1100. The zero-order valence-corrected chi connectivity index (χ0v) is 18.4. The summed E-state index contributed by atoms with van der Waals surface area (Å²) in [6, 6.07) is 18.0. The molecule has 1 heterocycles. The fourth-order valence-corrected chi connectivity index (χ4v) is 4.76. The van der Waals surface area contributed by atoms with Gasteiger partial charge in [-0.25, -0.2) is 8.42 Å². The van der Waals surface area contributed by atoms with Crippen LogP contribution in [0, 0.1) is 6.92 Å². The van der Waals surface area contributed by atoms with Crippen molar-refractivity contribution < 1.29 is 22.4 Å². The predicted octanol–water partition coefficient (Wildman–Crippen LogP) is 3.15. The van der Waals surface area contributed by atoms with Gasteiger partial charge in [0.25, 0.3) is 0 Å². The van der Waals surface area contributed by atoms with Crippen LogP contribution in [0.1, 0.15) is 16.9 Å². The number of benzene rings is 2. The highest BCUT2D eigenvalue weighted by molar-refractivity contribution is 7.89. The molecule has 0 bridgehead atoms. The van der Waals surface area contributed by atoms with Crippen LogP contribution in [-0.2, 0) is 27.8 Å². The molecule has 7 nitrogen and oxygen atoms in total. The minimum Gasteiger partial charge on any atom is -0.495 e. The number of rotatable bonds is 10. The number of furan rings is 1. The summed E-state index contributed by atoms with van der Waals surface area (Å²) in [5.74, 6) is 0.415. The number of ether oxygens (including phenoxy) is 1. The molecule has 31 heavy (non-hydrogen) atoms. The summed E-state index contributed by atoms with van der Waals surface area (Å²) in [4.78, 5) is 12.6. The largest absolute Gasteiger partial charge is 0.495 e. The topological polar surface area (TPSA) is 88.9 Å². The number of aryl methyl sites for hydroxylation is 1. The van der Waals surface area contributed by atoms with E-state index in [1.807, 2.05) is 37.3 Å². The number of amides is 1. The quantitative estimate of drug-likeness (QED) is 0.521. The van der Waals surface area contributed by atoms with Crippen LogP contribution in [0.25, 0.3) is 0 Å². The number of hydrogen-bond donors (Lipinski definition) is 1. The van der Waals surface area contributed by atoms with E-state index in [4.69, 9.17) is 9.15 Å². The van der Waals surface area contributed by atoms with Crippen molar-refractivity contribution in [3.63, 3.8) is 0 Å². The second kappa shape index (κ2) is 10.3. The summed E-state index contributed by atoms with van der Waals surface area (Å²) in [6.07, 6.45) is 1.99.